The molecule has 2 N–H and O–H groups in total. The van der Waals surface area contributed by atoms with Gasteiger partial charge in [-0.15, -0.1) is 0 Å². The van der Waals surface area contributed by atoms with E-state index in [2.05, 4.69) is 13.8 Å². The molecule has 0 aliphatic rings. The number of hydrogen-bond donors (Lipinski definition) is 2. The van der Waals surface area contributed by atoms with Crippen molar-refractivity contribution in [1.29, 1.82) is 0 Å². The Bertz CT molecular complexity index is 237. The Morgan fingerprint density at radius 3 is 1.38 bits per heavy atom. The lowest BCUT2D eigenvalue weighted by molar-refractivity contribution is 0.194. The van der Waals surface area contributed by atoms with Crippen LogP contribution in [0.4, 0.5) is 0 Å². The summed E-state index contributed by atoms with van der Waals surface area (Å²) in [4.78, 5) is 18.0. The standard InChI is InChI=1S/C20H43O3P/c1-3-5-7-9-11-12-14-16-18-20(19-23-24(21)22)17-15-13-10-8-6-4-2/h20-22H,3-19H2,1-2H3. The summed E-state index contributed by atoms with van der Waals surface area (Å²) in [7, 11) is -2.19. The van der Waals surface area contributed by atoms with Gasteiger partial charge in [0.15, 0.2) is 0 Å². The van der Waals surface area contributed by atoms with Gasteiger partial charge in [0.1, 0.15) is 0 Å². The fourth-order valence-electron chi connectivity index (χ4n) is 3.26. The van der Waals surface area contributed by atoms with E-state index in [1.807, 2.05) is 0 Å². The van der Waals surface area contributed by atoms with Crippen LogP contribution >= 0.6 is 8.60 Å². The molecule has 0 saturated heterocycles. The normalized spacial score (nSPS) is 12.9. The molecular weight excluding hydrogens is 319 g/mol. The molecule has 0 fully saturated rings. The topological polar surface area (TPSA) is 49.7 Å². The molecule has 0 rings (SSSR count). The van der Waals surface area contributed by atoms with E-state index < -0.39 is 8.60 Å². The van der Waals surface area contributed by atoms with Crippen molar-refractivity contribution < 1.29 is 14.3 Å². The van der Waals surface area contributed by atoms with Crippen LogP contribution in [-0.2, 0) is 4.52 Å². The van der Waals surface area contributed by atoms with Crippen molar-refractivity contribution in [2.75, 3.05) is 6.61 Å². The van der Waals surface area contributed by atoms with E-state index >= 15 is 0 Å². The molecule has 0 aliphatic carbocycles. The van der Waals surface area contributed by atoms with E-state index in [-0.39, 0.29) is 0 Å². The summed E-state index contributed by atoms with van der Waals surface area (Å²) in [5.41, 5.74) is 0. The maximum atomic E-state index is 8.98. The maximum Gasteiger partial charge on any atom is 0.327 e. The summed E-state index contributed by atoms with van der Waals surface area (Å²) in [6.07, 6.45) is 21.0. The molecule has 0 spiro atoms. The van der Waals surface area contributed by atoms with Gasteiger partial charge in [-0.05, 0) is 18.8 Å². The molecule has 1 unspecified atom stereocenters. The van der Waals surface area contributed by atoms with Crippen LogP contribution in [0, 0.1) is 5.92 Å². The van der Waals surface area contributed by atoms with Crippen molar-refractivity contribution in [3.8, 4) is 0 Å². The Balaban J connectivity index is 3.67. The van der Waals surface area contributed by atoms with Crippen LogP contribution in [0.25, 0.3) is 0 Å². The summed E-state index contributed by atoms with van der Waals surface area (Å²) in [5, 5.41) is 0. The molecular formula is C20H43O3P. The van der Waals surface area contributed by atoms with Crippen molar-refractivity contribution in [2.45, 2.75) is 117 Å². The van der Waals surface area contributed by atoms with Gasteiger partial charge in [-0.25, -0.2) is 0 Å². The van der Waals surface area contributed by atoms with Crippen molar-refractivity contribution in [3.63, 3.8) is 0 Å². The minimum absolute atomic E-state index is 0.501. The summed E-state index contributed by atoms with van der Waals surface area (Å²) in [5.74, 6) is 0.501. The molecule has 0 aliphatic heterocycles. The Morgan fingerprint density at radius 2 is 1.00 bits per heavy atom. The Morgan fingerprint density at radius 1 is 0.625 bits per heavy atom. The van der Waals surface area contributed by atoms with Gasteiger partial charge in [-0.3, -0.25) is 0 Å². The molecule has 0 radical (unpaired) electrons. The van der Waals surface area contributed by atoms with E-state index in [1.165, 1.54) is 103 Å². The lowest BCUT2D eigenvalue weighted by atomic mass is 9.95. The summed E-state index contributed by atoms with van der Waals surface area (Å²) in [6.45, 7) is 5.03. The smallest absolute Gasteiger partial charge is 0.327 e. The highest BCUT2D eigenvalue weighted by Gasteiger charge is 2.11. The lowest BCUT2D eigenvalue weighted by Gasteiger charge is -2.17. The van der Waals surface area contributed by atoms with E-state index in [0.717, 1.165) is 0 Å². The minimum atomic E-state index is -2.19. The molecule has 0 saturated carbocycles. The van der Waals surface area contributed by atoms with E-state index in [1.54, 1.807) is 0 Å². The molecule has 0 aromatic heterocycles. The molecule has 24 heavy (non-hydrogen) atoms. The van der Waals surface area contributed by atoms with Gasteiger partial charge in [-0.1, -0.05) is 104 Å². The zero-order valence-corrected chi connectivity index (χ0v) is 17.2. The number of hydrogen-bond acceptors (Lipinski definition) is 3. The molecule has 0 bridgehead atoms. The van der Waals surface area contributed by atoms with Crippen molar-refractivity contribution in [1.82, 2.24) is 0 Å². The Kier molecular flexibility index (Phi) is 19.9. The Labute approximate surface area is 152 Å². The molecule has 0 heterocycles. The van der Waals surface area contributed by atoms with Gasteiger partial charge in [0.2, 0.25) is 0 Å². The highest BCUT2D eigenvalue weighted by molar-refractivity contribution is 7.39. The van der Waals surface area contributed by atoms with Crippen LogP contribution in [0.5, 0.6) is 0 Å². The average molecular weight is 363 g/mol. The van der Waals surface area contributed by atoms with Crippen LogP contribution in [0.15, 0.2) is 0 Å². The quantitative estimate of drug-likeness (QED) is 0.190. The van der Waals surface area contributed by atoms with Crippen LogP contribution < -0.4 is 0 Å². The second kappa shape index (κ2) is 19.6. The van der Waals surface area contributed by atoms with Crippen LogP contribution in [0.3, 0.4) is 0 Å². The third-order valence-corrected chi connectivity index (χ3v) is 5.24. The first-order valence-electron chi connectivity index (χ1n) is 10.5. The predicted molar refractivity (Wildman–Crippen MR) is 106 cm³/mol. The number of rotatable bonds is 19. The minimum Gasteiger partial charge on any atom is -0.328 e. The van der Waals surface area contributed by atoms with Gasteiger partial charge < -0.3 is 14.3 Å². The first-order chi connectivity index (χ1) is 11.7. The van der Waals surface area contributed by atoms with E-state index in [4.69, 9.17) is 14.3 Å². The van der Waals surface area contributed by atoms with Crippen LogP contribution in [-0.4, -0.2) is 16.4 Å². The predicted octanol–water partition coefficient (Wildman–Crippen LogP) is 7.11. The SMILES string of the molecule is CCCCCCCCCCC(CCCCCCCC)COP(O)O. The lowest BCUT2D eigenvalue weighted by Crippen LogP contribution is -2.08. The first-order valence-corrected chi connectivity index (χ1v) is 11.7. The Hall–Kier alpha value is 0.310. The highest BCUT2D eigenvalue weighted by Crippen LogP contribution is 2.28. The van der Waals surface area contributed by atoms with Gasteiger partial charge in [-0.2, -0.15) is 0 Å². The molecule has 3 nitrogen and oxygen atoms in total. The fraction of sp³-hybridized carbons (Fsp3) is 1.00. The second-order valence-corrected chi connectivity index (χ2v) is 8.00. The summed E-state index contributed by atoms with van der Waals surface area (Å²) in [6, 6.07) is 0. The monoisotopic (exact) mass is 362 g/mol. The maximum absolute atomic E-state index is 8.98. The van der Waals surface area contributed by atoms with E-state index in [0.29, 0.717) is 12.5 Å². The summed E-state index contributed by atoms with van der Waals surface area (Å²) < 4.78 is 5.10. The van der Waals surface area contributed by atoms with E-state index in [9.17, 15) is 0 Å². The first kappa shape index (κ1) is 24.3. The van der Waals surface area contributed by atoms with Crippen molar-refractivity contribution in [3.05, 3.63) is 0 Å². The molecule has 146 valence electrons. The zero-order valence-electron chi connectivity index (χ0n) is 16.3. The molecule has 4 heteroatoms. The highest BCUT2D eigenvalue weighted by atomic mass is 31.2. The van der Waals surface area contributed by atoms with Crippen molar-refractivity contribution >= 4 is 8.60 Å². The average Bonchev–Trinajstić information content (AvgIpc) is 2.57. The fourth-order valence-corrected chi connectivity index (χ4v) is 3.61. The van der Waals surface area contributed by atoms with Gasteiger partial charge >= 0.3 is 8.60 Å². The van der Waals surface area contributed by atoms with Gasteiger partial charge in [0, 0.05) is 0 Å². The molecule has 0 amide bonds. The van der Waals surface area contributed by atoms with Gasteiger partial charge in [0.25, 0.3) is 0 Å². The second-order valence-electron chi connectivity index (χ2n) is 7.23. The molecule has 0 aromatic carbocycles. The zero-order chi connectivity index (χ0) is 17.9. The van der Waals surface area contributed by atoms with Gasteiger partial charge in [0.05, 0.1) is 6.61 Å². The molecule has 0 aromatic rings. The number of unbranched alkanes of at least 4 members (excludes halogenated alkanes) is 12. The van der Waals surface area contributed by atoms with Crippen LogP contribution in [0.2, 0.25) is 0 Å². The summed E-state index contributed by atoms with van der Waals surface area (Å²) >= 11 is 0. The van der Waals surface area contributed by atoms with Crippen molar-refractivity contribution in [2.24, 2.45) is 5.92 Å². The van der Waals surface area contributed by atoms with Crippen LogP contribution in [0.1, 0.15) is 117 Å². The third-order valence-electron chi connectivity index (χ3n) is 4.86. The molecule has 1 atom stereocenters. The largest absolute Gasteiger partial charge is 0.328 e. The third kappa shape index (κ3) is 18.6.